The van der Waals surface area contributed by atoms with Crippen LogP contribution in [-0.4, -0.2) is 31.1 Å². The van der Waals surface area contributed by atoms with Gasteiger partial charge in [-0.15, -0.1) is 0 Å². The van der Waals surface area contributed by atoms with E-state index in [1.165, 1.54) is 13.0 Å². The average molecular weight is 251 g/mol. The van der Waals surface area contributed by atoms with Crippen molar-refractivity contribution in [2.24, 2.45) is 0 Å². The summed E-state index contributed by atoms with van der Waals surface area (Å²) in [7, 11) is 0. The second-order valence-electron chi connectivity index (χ2n) is 5.25. The second-order valence-corrected chi connectivity index (χ2v) is 5.25. The number of Topliss-reactive ketones (excluding diaryl/α,β-unsaturated/α-hetero) is 1. The molecule has 1 saturated heterocycles. The van der Waals surface area contributed by atoms with E-state index in [4.69, 9.17) is 4.74 Å². The van der Waals surface area contributed by atoms with Crippen molar-refractivity contribution in [3.63, 3.8) is 0 Å². The van der Waals surface area contributed by atoms with Crippen LogP contribution < -0.4 is 4.90 Å². The van der Waals surface area contributed by atoms with Crippen molar-refractivity contribution in [2.75, 3.05) is 24.6 Å². The van der Waals surface area contributed by atoms with Gasteiger partial charge in [0.2, 0.25) is 0 Å². The number of ether oxygens (including phenoxy) is 1. The molecule has 0 bridgehead atoms. The number of rotatable bonds is 2. The lowest BCUT2D eigenvalue weighted by atomic mass is 10.1. The zero-order valence-corrected chi connectivity index (χ0v) is 11.0. The van der Waals surface area contributed by atoms with Crippen molar-refractivity contribution in [2.45, 2.75) is 26.4 Å². The minimum atomic E-state index is -0.347. The van der Waals surface area contributed by atoms with Gasteiger partial charge < -0.3 is 9.64 Å². The summed E-state index contributed by atoms with van der Waals surface area (Å²) in [6.07, 6.45) is 0. The van der Waals surface area contributed by atoms with Gasteiger partial charge in [-0.1, -0.05) is 0 Å². The molecule has 0 saturated carbocycles. The molecule has 1 aromatic carbocycles. The highest BCUT2D eigenvalue weighted by Gasteiger charge is 2.28. The predicted octanol–water partition coefficient (Wildman–Crippen LogP) is 2.64. The van der Waals surface area contributed by atoms with Gasteiger partial charge in [0.25, 0.3) is 0 Å². The summed E-state index contributed by atoms with van der Waals surface area (Å²) in [5.74, 6) is -0.469. The number of hydrogen-bond acceptors (Lipinski definition) is 3. The maximum absolute atomic E-state index is 14.0. The Morgan fingerprint density at radius 3 is 2.72 bits per heavy atom. The smallest absolute Gasteiger partial charge is 0.159 e. The summed E-state index contributed by atoms with van der Waals surface area (Å²) >= 11 is 0. The highest BCUT2D eigenvalue weighted by atomic mass is 19.1. The van der Waals surface area contributed by atoms with Gasteiger partial charge >= 0.3 is 0 Å². The summed E-state index contributed by atoms with van der Waals surface area (Å²) < 4.78 is 19.6. The van der Waals surface area contributed by atoms with Gasteiger partial charge in [-0.25, -0.2) is 4.39 Å². The molecule has 0 radical (unpaired) electrons. The Bertz CT molecular complexity index is 471. The summed E-state index contributed by atoms with van der Waals surface area (Å²) in [4.78, 5) is 13.1. The molecule has 0 aromatic heterocycles. The van der Waals surface area contributed by atoms with E-state index in [1.807, 2.05) is 18.7 Å². The van der Waals surface area contributed by atoms with Crippen LogP contribution in [-0.2, 0) is 4.74 Å². The number of carbonyl (C=O) groups excluding carboxylic acids is 1. The van der Waals surface area contributed by atoms with Crippen LogP contribution in [0.5, 0.6) is 0 Å². The fraction of sp³-hybridized carbons (Fsp3) is 0.500. The fourth-order valence-corrected chi connectivity index (χ4v) is 2.20. The average Bonchev–Trinajstić information content (AvgIpc) is 2.27. The van der Waals surface area contributed by atoms with Crippen molar-refractivity contribution in [3.8, 4) is 0 Å². The van der Waals surface area contributed by atoms with E-state index in [9.17, 15) is 9.18 Å². The molecule has 0 N–H and O–H groups in total. The van der Waals surface area contributed by atoms with E-state index in [2.05, 4.69) is 0 Å². The zero-order valence-electron chi connectivity index (χ0n) is 11.0. The zero-order chi connectivity index (χ0) is 13.3. The molecule has 3 nitrogen and oxygen atoms in total. The van der Waals surface area contributed by atoms with Crippen LogP contribution in [0.3, 0.4) is 0 Å². The molecule has 4 heteroatoms. The quantitative estimate of drug-likeness (QED) is 0.757. The van der Waals surface area contributed by atoms with Crippen molar-refractivity contribution < 1.29 is 13.9 Å². The summed E-state index contributed by atoms with van der Waals surface area (Å²) in [6, 6.07) is 4.65. The van der Waals surface area contributed by atoms with Crippen LogP contribution in [0.15, 0.2) is 18.2 Å². The monoisotopic (exact) mass is 251 g/mol. The van der Waals surface area contributed by atoms with Crippen LogP contribution in [0.4, 0.5) is 10.1 Å². The van der Waals surface area contributed by atoms with Crippen molar-refractivity contribution in [1.29, 1.82) is 0 Å². The Morgan fingerprint density at radius 2 is 2.17 bits per heavy atom. The molecule has 0 amide bonds. The predicted molar refractivity (Wildman–Crippen MR) is 68.6 cm³/mol. The lowest BCUT2D eigenvalue weighted by Gasteiger charge is -2.39. The van der Waals surface area contributed by atoms with E-state index >= 15 is 0 Å². The molecule has 1 aromatic rings. The number of nitrogens with zero attached hydrogens (tertiary/aromatic N) is 1. The Labute approximate surface area is 107 Å². The SMILES string of the molecule is CC(=O)c1ccc(N2CCOC(C)(C)C2)c(F)c1. The first-order chi connectivity index (χ1) is 8.39. The molecule has 1 aliphatic rings. The standard InChI is InChI=1S/C14H18FNO2/c1-10(17)11-4-5-13(12(15)8-11)16-6-7-18-14(2,3)9-16/h4-5,8H,6-7,9H2,1-3H3. The molecular weight excluding hydrogens is 233 g/mol. The van der Waals surface area contributed by atoms with Crippen LogP contribution >= 0.6 is 0 Å². The molecule has 0 aliphatic carbocycles. The minimum absolute atomic E-state index is 0.122. The Balaban J connectivity index is 2.26. The first-order valence-corrected chi connectivity index (χ1v) is 6.08. The lowest BCUT2D eigenvalue weighted by Crippen LogP contribution is -2.48. The molecular formula is C14H18FNO2. The molecule has 0 unspecified atom stereocenters. The Morgan fingerprint density at radius 1 is 1.44 bits per heavy atom. The highest BCUT2D eigenvalue weighted by molar-refractivity contribution is 5.94. The van der Waals surface area contributed by atoms with Gasteiger partial charge in [-0.2, -0.15) is 0 Å². The third-order valence-electron chi connectivity index (χ3n) is 3.12. The Hall–Kier alpha value is -1.42. The first kappa shape index (κ1) is 13.0. The molecule has 18 heavy (non-hydrogen) atoms. The Kier molecular flexibility index (Phi) is 3.39. The van der Waals surface area contributed by atoms with E-state index in [0.717, 1.165) is 0 Å². The molecule has 1 aliphatic heterocycles. The lowest BCUT2D eigenvalue weighted by molar-refractivity contribution is -0.0278. The van der Waals surface area contributed by atoms with Crippen molar-refractivity contribution >= 4 is 11.5 Å². The maximum atomic E-state index is 14.0. The van der Waals surface area contributed by atoms with Gasteiger partial charge in [0.1, 0.15) is 5.82 Å². The van der Waals surface area contributed by atoms with Crippen molar-refractivity contribution in [3.05, 3.63) is 29.6 Å². The summed E-state index contributed by atoms with van der Waals surface area (Å²) in [5, 5.41) is 0. The molecule has 98 valence electrons. The van der Waals surface area contributed by atoms with Crippen LogP contribution in [0.25, 0.3) is 0 Å². The molecule has 0 spiro atoms. The van der Waals surface area contributed by atoms with E-state index < -0.39 is 0 Å². The number of carbonyl (C=O) groups is 1. The molecule has 1 fully saturated rings. The van der Waals surface area contributed by atoms with E-state index in [1.54, 1.807) is 12.1 Å². The van der Waals surface area contributed by atoms with Gasteiger partial charge in [-0.05, 0) is 39.0 Å². The number of hydrogen-bond donors (Lipinski definition) is 0. The molecule has 0 atom stereocenters. The molecule has 1 heterocycles. The summed E-state index contributed by atoms with van der Waals surface area (Å²) in [5.41, 5.74) is 0.671. The second kappa shape index (κ2) is 4.69. The van der Waals surface area contributed by atoms with Gasteiger partial charge in [0.05, 0.1) is 17.9 Å². The van der Waals surface area contributed by atoms with Gasteiger partial charge in [0, 0.05) is 18.7 Å². The van der Waals surface area contributed by atoms with Gasteiger partial charge in [-0.3, -0.25) is 4.79 Å². The summed E-state index contributed by atoms with van der Waals surface area (Å²) in [6.45, 7) is 7.30. The normalized spacial score (nSPS) is 18.8. The highest BCUT2D eigenvalue weighted by Crippen LogP contribution is 2.26. The number of morpholine rings is 1. The third-order valence-corrected chi connectivity index (χ3v) is 3.12. The van der Waals surface area contributed by atoms with E-state index in [-0.39, 0.29) is 17.2 Å². The minimum Gasteiger partial charge on any atom is -0.372 e. The number of anilines is 1. The third kappa shape index (κ3) is 2.70. The van der Waals surface area contributed by atoms with E-state index in [0.29, 0.717) is 30.9 Å². The molecule has 2 rings (SSSR count). The topological polar surface area (TPSA) is 29.5 Å². The fourth-order valence-electron chi connectivity index (χ4n) is 2.20. The number of benzene rings is 1. The largest absolute Gasteiger partial charge is 0.372 e. The van der Waals surface area contributed by atoms with Crippen LogP contribution in [0, 0.1) is 5.82 Å². The first-order valence-electron chi connectivity index (χ1n) is 6.08. The van der Waals surface area contributed by atoms with Crippen LogP contribution in [0.2, 0.25) is 0 Å². The van der Waals surface area contributed by atoms with Crippen molar-refractivity contribution in [1.82, 2.24) is 0 Å². The number of halogens is 1. The van der Waals surface area contributed by atoms with Crippen LogP contribution in [0.1, 0.15) is 31.1 Å². The maximum Gasteiger partial charge on any atom is 0.159 e. The van der Waals surface area contributed by atoms with Gasteiger partial charge in [0.15, 0.2) is 5.78 Å². The number of ketones is 1.